The third-order valence-corrected chi connectivity index (χ3v) is 8.04. The van der Waals surface area contributed by atoms with Crippen LogP contribution in [0.5, 0.6) is 0 Å². The maximum Gasteiger partial charge on any atom is 0.341 e. The van der Waals surface area contributed by atoms with Crippen LogP contribution < -0.4 is 10.0 Å². The second kappa shape index (κ2) is 10.4. The highest BCUT2D eigenvalue weighted by Gasteiger charge is 2.32. The summed E-state index contributed by atoms with van der Waals surface area (Å²) in [6.45, 7) is 4.25. The number of nitrogens with one attached hydrogen (secondary N) is 1. The van der Waals surface area contributed by atoms with Crippen molar-refractivity contribution in [3.05, 3.63) is 81.5 Å². The summed E-state index contributed by atoms with van der Waals surface area (Å²) in [6, 6.07) is 14.4. The molecule has 2 aromatic heterocycles. The Morgan fingerprint density at radius 2 is 2.00 bits per heavy atom. The van der Waals surface area contributed by atoms with Crippen molar-refractivity contribution in [3.8, 4) is 0 Å². The molecule has 0 saturated heterocycles. The molecule has 0 fully saturated rings. The van der Waals surface area contributed by atoms with E-state index in [0.29, 0.717) is 21.5 Å². The topological polar surface area (TPSA) is 82.3 Å². The van der Waals surface area contributed by atoms with E-state index in [-0.39, 0.29) is 12.5 Å². The van der Waals surface area contributed by atoms with Gasteiger partial charge >= 0.3 is 5.97 Å². The number of carbonyl (C=O) groups is 2. The zero-order valence-corrected chi connectivity index (χ0v) is 20.2. The molecule has 1 N–H and O–H groups in total. The summed E-state index contributed by atoms with van der Waals surface area (Å²) in [6.07, 6.45) is 4.10. The van der Waals surface area contributed by atoms with Crippen LogP contribution in [0.25, 0.3) is 0 Å². The molecule has 0 bridgehead atoms. The largest absolute Gasteiger partial charge is 0.618 e. The molecule has 2 heterocycles. The maximum absolute atomic E-state index is 13.5. The van der Waals surface area contributed by atoms with Gasteiger partial charge in [0.2, 0.25) is 5.91 Å². The number of aromatic nitrogens is 1. The van der Waals surface area contributed by atoms with E-state index in [9.17, 15) is 14.8 Å². The monoisotopic (exact) mass is 482 g/mol. The number of rotatable bonds is 7. The van der Waals surface area contributed by atoms with Gasteiger partial charge < -0.3 is 15.3 Å². The van der Waals surface area contributed by atoms with E-state index in [1.165, 1.54) is 29.3 Å². The van der Waals surface area contributed by atoms with Gasteiger partial charge in [-0.2, -0.15) is 4.73 Å². The fraction of sp³-hybridized carbons (Fsp3) is 0.320. The highest BCUT2D eigenvalue weighted by Crippen LogP contribution is 2.41. The fourth-order valence-electron chi connectivity index (χ4n) is 3.96. The van der Waals surface area contributed by atoms with E-state index < -0.39 is 11.2 Å². The number of carbonyl (C=O) groups excluding carboxylic acids is 2. The predicted molar refractivity (Wildman–Crippen MR) is 131 cm³/mol. The summed E-state index contributed by atoms with van der Waals surface area (Å²) < 4.78 is 6.08. The SMILES string of the molecule is CCOC(=O)c1c(NC(=O)C(Sc2cccc[n+]2[O-])c2ccccc2)sc2c1CCC(C)C2. The Kier molecular flexibility index (Phi) is 7.35. The number of fused-ring (bicyclic) bond motifs is 1. The third kappa shape index (κ3) is 5.23. The molecule has 1 amide bonds. The number of benzene rings is 1. The number of amides is 1. The van der Waals surface area contributed by atoms with E-state index in [1.54, 1.807) is 25.1 Å². The Morgan fingerprint density at radius 1 is 1.24 bits per heavy atom. The lowest BCUT2D eigenvalue weighted by molar-refractivity contribution is -0.645. The first kappa shape index (κ1) is 23.3. The van der Waals surface area contributed by atoms with Gasteiger partial charge in [-0.25, -0.2) is 4.79 Å². The lowest BCUT2D eigenvalue weighted by atomic mass is 9.88. The molecule has 0 aliphatic heterocycles. The molecule has 0 radical (unpaired) electrons. The van der Waals surface area contributed by atoms with Crippen LogP contribution in [0.15, 0.2) is 59.8 Å². The zero-order valence-electron chi connectivity index (χ0n) is 18.6. The molecule has 4 rings (SSSR count). The van der Waals surface area contributed by atoms with Gasteiger partial charge in [0, 0.05) is 17.0 Å². The second-order valence-corrected chi connectivity index (χ2v) is 10.3. The molecule has 33 heavy (non-hydrogen) atoms. The highest BCUT2D eigenvalue weighted by molar-refractivity contribution is 8.00. The van der Waals surface area contributed by atoms with Crippen LogP contribution in [-0.4, -0.2) is 18.5 Å². The molecule has 0 spiro atoms. The quantitative estimate of drug-likeness (QED) is 0.218. The van der Waals surface area contributed by atoms with Crippen LogP contribution in [0.1, 0.15) is 51.9 Å². The highest BCUT2D eigenvalue weighted by atomic mass is 32.2. The van der Waals surface area contributed by atoms with Crippen LogP contribution in [-0.2, 0) is 22.4 Å². The number of thiophene rings is 1. The average molecular weight is 483 g/mol. The maximum atomic E-state index is 13.5. The Labute approximate surface area is 201 Å². The van der Waals surface area contributed by atoms with Crippen molar-refractivity contribution >= 4 is 40.0 Å². The molecule has 1 aliphatic rings. The number of thioether (sulfide) groups is 1. The van der Waals surface area contributed by atoms with Crippen molar-refractivity contribution < 1.29 is 19.1 Å². The van der Waals surface area contributed by atoms with Crippen molar-refractivity contribution in [1.29, 1.82) is 0 Å². The molecule has 3 aromatic rings. The number of hydrogen-bond donors (Lipinski definition) is 1. The number of pyridine rings is 1. The minimum absolute atomic E-state index is 0.271. The number of ether oxygens (including phenoxy) is 1. The second-order valence-electron chi connectivity index (χ2n) is 8.04. The van der Waals surface area contributed by atoms with E-state index >= 15 is 0 Å². The molecule has 6 nitrogen and oxygen atoms in total. The van der Waals surface area contributed by atoms with Crippen LogP contribution in [0.4, 0.5) is 5.00 Å². The minimum Gasteiger partial charge on any atom is -0.618 e. The third-order valence-electron chi connectivity index (χ3n) is 5.60. The lowest BCUT2D eigenvalue weighted by Gasteiger charge is -2.18. The molecule has 0 saturated carbocycles. The summed E-state index contributed by atoms with van der Waals surface area (Å²) in [4.78, 5) is 27.5. The molecular weight excluding hydrogens is 456 g/mol. The Balaban J connectivity index is 1.68. The minimum atomic E-state index is -0.665. The van der Waals surface area contributed by atoms with Gasteiger partial charge in [-0.1, -0.05) is 37.3 Å². The standard InChI is InChI=1S/C25H26N2O4S2/c1-3-31-25(29)21-18-13-12-16(2)15-19(18)32-24(21)26-23(28)22(17-9-5-4-6-10-17)33-20-11-7-8-14-27(20)30/h4-11,14,16,22H,3,12-13,15H2,1-2H3,(H,26,28). The predicted octanol–water partition coefficient (Wildman–Crippen LogP) is 5.16. The van der Waals surface area contributed by atoms with Crippen molar-refractivity contribution in [2.45, 2.75) is 43.4 Å². The Morgan fingerprint density at radius 3 is 2.73 bits per heavy atom. The first-order valence-electron chi connectivity index (χ1n) is 11.0. The van der Waals surface area contributed by atoms with Gasteiger partial charge in [0.1, 0.15) is 10.3 Å². The normalized spacial score (nSPS) is 16.0. The smallest absolute Gasteiger partial charge is 0.341 e. The van der Waals surface area contributed by atoms with Crippen molar-refractivity contribution in [2.24, 2.45) is 5.92 Å². The number of nitrogens with zero attached hydrogens (tertiary/aromatic N) is 1. The van der Waals surface area contributed by atoms with Crippen LogP contribution >= 0.6 is 23.1 Å². The Bertz CT molecular complexity index is 1150. The first-order valence-corrected chi connectivity index (χ1v) is 12.7. The van der Waals surface area contributed by atoms with Gasteiger partial charge in [0.05, 0.1) is 12.2 Å². The van der Waals surface area contributed by atoms with Gasteiger partial charge in [0.15, 0.2) is 6.20 Å². The zero-order chi connectivity index (χ0) is 23.4. The lowest BCUT2D eigenvalue weighted by Crippen LogP contribution is -2.29. The number of hydrogen-bond acceptors (Lipinski definition) is 6. The molecule has 1 aliphatic carbocycles. The van der Waals surface area contributed by atoms with Crippen molar-refractivity contribution in [3.63, 3.8) is 0 Å². The van der Waals surface area contributed by atoms with Crippen molar-refractivity contribution in [2.75, 3.05) is 11.9 Å². The average Bonchev–Trinajstić information content (AvgIpc) is 3.16. The van der Waals surface area contributed by atoms with Crippen LogP contribution in [0, 0.1) is 11.1 Å². The molecule has 2 unspecified atom stereocenters. The van der Waals surface area contributed by atoms with E-state index in [2.05, 4.69) is 12.2 Å². The summed E-state index contributed by atoms with van der Waals surface area (Å²) in [7, 11) is 0. The number of anilines is 1. The molecule has 1 aromatic carbocycles. The first-order chi connectivity index (χ1) is 16.0. The summed E-state index contributed by atoms with van der Waals surface area (Å²) in [5.74, 6) is -0.149. The van der Waals surface area contributed by atoms with E-state index in [0.717, 1.165) is 40.0 Å². The number of esters is 1. The van der Waals surface area contributed by atoms with Gasteiger partial charge in [-0.05, 0) is 61.1 Å². The van der Waals surface area contributed by atoms with E-state index in [1.807, 2.05) is 30.3 Å². The Hall–Kier alpha value is -2.84. The van der Waals surface area contributed by atoms with E-state index in [4.69, 9.17) is 4.74 Å². The summed E-state index contributed by atoms with van der Waals surface area (Å²) in [5, 5.41) is 15.5. The van der Waals surface area contributed by atoms with Crippen LogP contribution in [0.2, 0.25) is 0 Å². The summed E-state index contributed by atoms with van der Waals surface area (Å²) >= 11 is 2.64. The summed E-state index contributed by atoms with van der Waals surface area (Å²) in [5.41, 5.74) is 2.25. The van der Waals surface area contributed by atoms with Gasteiger partial charge in [-0.3, -0.25) is 4.79 Å². The van der Waals surface area contributed by atoms with Gasteiger partial charge in [-0.15, -0.1) is 11.3 Å². The molecule has 2 atom stereocenters. The molecule has 8 heteroatoms. The van der Waals surface area contributed by atoms with Gasteiger partial charge in [0.25, 0.3) is 5.03 Å². The van der Waals surface area contributed by atoms with Crippen LogP contribution in [0.3, 0.4) is 0 Å². The van der Waals surface area contributed by atoms with Crippen molar-refractivity contribution in [1.82, 2.24) is 0 Å². The fourth-order valence-corrected chi connectivity index (χ4v) is 6.39. The molecule has 172 valence electrons. The molecular formula is C25H26N2O4S2.